The largest absolute Gasteiger partial charge is 0.130 e. The Balaban J connectivity index is 2.74. The van der Waals surface area contributed by atoms with Gasteiger partial charge in [0.2, 0.25) is 0 Å². The molecular weight excluding hydrogens is 220 g/mol. The van der Waals surface area contributed by atoms with Crippen LogP contribution in [0.25, 0.3) is 0 Å². The van der Waals surface area contributed by atoms with Crippen molar-refractivity contribution in [3.05, 3.63) is 29.8 Å². The van der Waals surface area contributed by atoms with E-state index in [9.17, 15) is 0 Å². The fraction of sp³-hybridized carbons (Fsp3) is 0.333. The first-order valence-corrected chi connectivity index (χ1v) is 5.90. The summed E-state index contributed by atoms with van der Waals surface area (Å²) in [6.45, 7) is 0. The van der Waals surface area contributed by atoms with Gasteiger partial charge < -0.3 is 0 Å². The van der Waals surface area contributed by atoms with Gasteiger partial charge in [0.1, 0.15) is 0 Å². The van der Waals surface area contributed by atoms with Gasteiger partial charge in [0.15, 0.2) is 0 Å². The third-order valence-corrected chi connectivity index (χ3v) is 2.64. The van der Waals surface area contributed by atoms with Crippen LogP contribution in [0.5, 0.6) is 0 Å². The molecule has 0 aromatic heterocycles. The van der Waals surface area contributed by atoms with Gasteiger partial charge in [-0.3, -0.25) is 0 Å². The fourth-order valence-electron chi connectivity index (χ4n) is 0.937. The molecule has 60 valence electrons. The van der Waals surface area contributed by atoms with Gasteiger partial charge in [0.05, 0.1) is 0 Å². The molecule has 0 aliphatic carbocycles. The minimum atomic E-state index is 1.05. The van der Waals surface area contributed by atoms with Gasteiger partial charge in [0.25, 0.3) is 0 Å². The van der Waals surface area contributed by atoms with Crippen LogP contribution >= 0.6 is 27.7 Å². The summed E-state index contributed by atoms with van der Waals surface area (Å²) in [6.07, 6.45) is 3.22. The minimum Gasteiger partial charge on any atom is -0.130 e. The zero-order chi connectivity index (χ0) is 8.10. The highest BCUT2D eigenvalue weighted by atomic mass is 79.9. The molecular formula is C9H11BrS. The lowest BCUT2D eigenvalue weighted by atomic mass is 10.2. The summed E-state index contributed by atoms with van der Waals surface area (Å²) in [5.41, 5.74) is 1.41. The van der Waals surface area contributed by atoms with E-state index >= 15 is 0 Å². The SMILES string of the molecule is CSc1cccc(CCBr)c1. The van der Waals surface area contributed by atoms with Gasteiger partial charge in [-0.15, -0.1) is 11.8 Å². The number of thioether (sulfide) groups is 1. The van der Waals surface area contributed by atoms with Crippen LogP contribution in [0.3, 0.4) is 0 Å². The Morgan fingerprint density at radius 3 is 2.91 bits per heavy atom. The Hall–Kier alpha value is 0.0500. The second kappa shape index (κ2) is 4.83. The maximum absolute atomic E-state index is 3.43. The highest BCUT2D eigenvalue weighted by Crippen LogP contribution is 2.16. The minimum absolute atomic E-state index is 1.05. The molecule has 0 radical (unpaired) electrons. The molecule has 0 saturated heterocycles. The fourth-order valence-corrected chi connectivity index (χ4v) is 1.88. The molecule has 0 unspecified atom stereocenters. The average Bonchev–Trinajstić information content (AvgIpc) is 2.06. The standard InChI is InChI=1S/C9H11BrS/c1-11-9-4-2-3-8(7-9)5-6-10/h2-4,7H,5-6H2,1H3. The molecule has 1 rings (SSSR count). The summed E-state index contributed by atoms with van der Waals surface area (Å²) in [7, 11) is 0. The van der Waals surface area contributed by atoms with E-state index < -0.39 is 0 Å². The van der Waals surface area contributed by atoms with Gasteiger partial charge in [-0.05, 0) is 30.4 Å². The van der Waals surface area contributed by atoms with Crippen LogP contribution in [0, 0.1) is 0 Å². The Morgan fingerprint density at radius 2 is 2.27 bits per heavy atom. The number of aryl methyl sites for hydroxylation is 1. The Labute approximate surface area is 80.5 Å². The van der Waals surface area contributed by atoms with Crippen molar-refractivity contribution in [1.82, 2.24) is 0 Å². The van der Waals surface area contributed by atoms with E-state index in [0.29, 0.717) is 0 Å². The lowest BCUT2D eigenvalue weighted by molar-refractivity contribution is 1.15. The lowest BCUT2D eigenvalue weighted by Crippen LogP contribution is -1.84. The summed E-state index contributed by atoms with van der Waals surface area (Å²) in [5, 5.41) is 1.05. The lowest BCUT2D eigenvalue weighted by Gasteiger charge is -1.99. The molecule has 2 heteroatoms. The summed E-state index contributed by atoms with van der Waals surface area (Å²) in [5.74, 6) is 0. The molecule has 0 atom stereocenters. The summed E-state index contributed by atoms with van der Waals surface area (Å²) >= 11 is 5.22. The van der Waals surface area contributed by atoms with E-state index in [4.69, 9.17) is 0 Å². The van der Waals surface area contributed by atoms with E-state index in [1.807, 2.05) is 0 Å². The molecule has 0 fully saturated rings. The molecule has 0 nitrogen and oxygen atoms in total. The molecule has 0 spiro atoms. The smallest absolute Gasteiger partial charge is 0.00718 e. The first-order chi connectivity index (χ1) is 5.36. The summed E-state index contributed by atoms with van der Waals surface area (Å²) < 4.78 is 0. The highest BCUT2D eigenvalue weighted by Gasteiger charge is 1.92. The van der Waals surface area contributed by atoms with Crippen molar-refractivity contribution in [2.45, 2.75) is 11.3 Å². The normalized spacial score (nSPS) is 10.0. The maximum Gasteiger partial charge on any atom is 0.00718 e. The number of rotatable bonds is 3. The van der Waals surface area contributed by atoms with E-state index in [2.05, 4.69) is 46.5 Å². The Kier molecular flexibility index (Phi) is 4.02. The Morgan fingerprint density at radius 1 is 1.45 bits per heavy atom. The van der Waals surface area contributed by atoms with Crippen molar-refractivity contribution in [3.63, 3.8) is 0 Å². The molecule has 11 heavy (non-hydrogen) atoms. The number of hydrogen-bond acceptors (Lipinski definition) is 1. The maximum atomic E-state index is 3.43. The summed E-state index contributed by atoms with van der Waals surface area (Å²) in [6, 6.07) is 8.67. The summed E-state index contributed by atoms with van der Waals surface area (Å²) in [4.78, 5) is 1.35. The van der Waals surface area contributed by atoms with Gasteiger partial charge in [0, 0.05) is 10.2 Å². The van der Waals surface area contributed by atoms with E-state index in [1.54, 1.807) is 11.8 Å². The zero-order valence-corrected chi connectivity index (χ0v) is 8.91. The van der Waals surface area contributed by atoms with Crippen LogP contribution in [0.4, 0.5) is 0 Å². The second-order valence-corrected chi connectivity index (χ2v) is 3.96. The molecule has 0 aliphatic rings. The van der Waals surface area contributed by atoms with Crippen LogP contribution in [0.1, 0.15) is 5.56 Å². The van der Waals surface area contributed by atoms with Gasteiger partial charge >= 0.3 is 0 Å². The molecule has 0 amide bonds. The predicted octanol–water partition coefficient (Wildman–Crippen LogP) is 3.35. The van der Waals surface area contributed by atoms with Crippen molar-refractivity contribution in [3.8, 4) is 0 Å². The molecule has 0 aliphatic heterocycles. The quantitative estimate of drug-likeness (QED) is 0.567. The van der Waals surface area contributed by atoms with Crippen LogP contribution in [0.15, 0.2) is 29.2 Å². The average molecular weight is 231 g/mol. The van der Waals surface area contributed by atoms with Crippen LogP contribution in [-0.2, 0) is 6.42 Å². The molecule has 1 aromatic rings. The third kappa shape index (κ3) is 2.88. The molecule has 0 heterocycles. The number of hydrogen-bond donors (Lipinski definition) is 0. The highest BCUT2D eigenvalue weighted by molar-refractivity contribution is 9.09. The molecule has 1 aromatic carbocycles. The van der Waals surface area contributed by atoms with Crippen LogP contribution < -0.4 is 0 Å². The number of alkyl halides is 1. The van der Waals surface area contributed by atoms with Crippen molar-refractivity contribution in [2.24, 2.45) is 0 Å². The van der Waals surface area contributed by atoms with Gasteiger partial charge in [-0.1, -0.05) is 28.1 Å². The monoisotopic (exact) mass is 230 g/mol. The van der Waals surface area contributed by atoms with Gasteiger partial charge in [-0.2, -0.15) is 0 Å². The van der Waals surface area contributed by atoms with Crippen molar-refractivity contribution >= 4 is 27.7 Å². The number of benzene rings is 1. The van der Waals surface area contributed by atoms with Crippen molar-refractivity contribution in [1.29, 1.82) is 0 Å². The van der Waals surface area contributed by atoms with Gasteiger partial charge in [-0.25, -0.2) is 0 Å². The topological polar surface area (TPSA) is 0 Å². The number of halogens is 1. The Bertz CT molecular complexity index is 223. The van der Waals surface area contributed by atoms with Crippen molar-refractivity contribution in [2.75, 3.05) is 11.6 Å². The first kappa shape index (κ1) is 9.14. The third-order valence-electron chi connectivity index (χ3n) is 1.52. The molecule has 0 saturated carbocycles. The first-order valence-electron chi connectivity index (χ1n) is 3.55. The molecule has 0 bridgehead atoms. The van der Waals surface area contributed by atoms with Crippen LogP contribution in [-0.4, -0.2) is 11.6 Å². The van der Waals surface area contributed by atoms with E-state index in [1.165, 1.54) is 10.5 Å². The predicted molar refractivity (Wildman–Crippen MR) is 55.7 cm³/mol. The van der Waals surface area contributed by atoms with E-state index in [0.717, 1.165) is 11.8 Å². The van der Waals surface area contributed by atoms with Crippen molar-refractivity contribution < 1.29 is 0 Å². The second-order valence-electron chi connectivity index (χ2n) is 2.29. The van der Waals surface area contributed by atoms with Crippen LogP contribution in [0.2, 0.25) is 0 Å². The zero-order valence-electron chi connectivity index (χ0n) is 6.51. The van der Waals surface area contributed by atoms with E-state index in [-0.39, 0.29) is 0 Å². The molecule has 0 N–H and O–H groups in total.